The van der Waals surface area contributed by atoms with Gasteiger partial charge >= 0.3 is 6.18 Å². The van der Waals surface area contributed by atoms with Gasteiger partial charge in [-0.3, -0.25) is 0 Å². The highest BCUT2D eigenvalue weighted by Crippen LogP contribution is 2.33. The molecule has 0 bridgehead atoms. The molecule has 1 saturated heterocycles. The Morgan fingerprint density at radius 3 is 2.54 bits per heavy atom. The number of hydrogen-bond acceptors (Lipinski definition) is 5. The molecule has 0 saturated carbocycles. The van der Waals surface area contributed by atoms with Gasteiger partial charge in [-0.25, -0.2) is 9.97 Å². The van der Waals surface area contributed by atoms with Crippen molar-refractivity contribution in [3.8, 4) is 0 Å². The van der Waals surface area contributed by atoms with Crippen molar-refractivity contribution >= 4 is 23.0 Å². The highest BCUT2D eigenvalue weighted by Gasteiger charge is 2.30. The fraction of sp³-hybridized carbons (Fsp3) is 0.375. The quantitative estimate of drug-likeness (QED) is 0.891. The third kappa shape index (κ3) is 3.52. The van der Waals surface area contributed by atoms with Crippen LogP contribution in [0.2, 0.25) is 0 Å². The smallest absolute Gasteiger partial charge is 0.393 e. The Hall–Kier alpha value is -2.51. The summed E-state index contributed by atoms with van der Waals surface area (Å²) in [6.45, 7) is 1.73. The lowest BCUT2D eigenvalue weighted by Crippen LogP contribution is -2.31. The Morgan fingerprint density at radius 1 is 1.08 bits per heavy atom. The van der Waals surface area contributed by atoms with Crippen LogP contribution in [-0.2, 0) is 6.18 Å². The number of rotatable bonds is 3. The summed E-state index contributed by atoms with van der Waals surface area (Å²) in [4.78, 5) is 10.4. The van der Waals surface area contributed by atoms with Gasteiger partial charge in [-0.2, -0.15) is 13.2 Å². The van der Waals surface area contributed by atoms with Gasteiger partial charge in [-0.05, 0) is 37.5 Å². The van der Waals surface area contributed by atoms with Crippen LogP contribution in [0.25, 0.3) is 0 Å². The first kappa shape index (κ1) is 16.4. The number of nitrogens with one attached hydrogen (secondary N) is 1. The van der Waals surface area contributed by atoms with E-state index in [1.807, 2.05) is 0 Å². The number of anilines is 4. The van der Waals surface area contributed by atoms with Gasteiger partial charge in [0.05, 0.1) is 5.56 Å². The molecule has 1 aromatic carbocycles. The summed E-state index contributed by atoms with van der Waals surface area (Å²) < 4.78 is 38.4. The lowest BCUT2D eigenvalue weighted by atomic mass is 10.1. The maximum absolute atomic E-state index is 12.8. The number of aromatic nitrogens is 2. The van der Waals surface area contributed by atoms with E-state index >= 15 is 0 Å². The molecule has 1 aliphatic rings. The molecule has 0 radical (unpaired) electrons. The monoisotopic (exact) mass is 337 g/mol. The number of nitrogens with two attached hydrogens (primary N) is 1. The molecule has 0 unspecified atom stereocenters. The van der Waals surface area contributed by atoms with E-state index in [0.717, 1.165) is 38.1 Å². The van der Waals surface area contributed by atoms with E-state index in [9.17, 15) is 13.2 Å². The van der Waals surface area contributed by atoms with E-state index in [-0.39, 0.29) is 5.69 Å². The first-order valence-corrected chi connectivity index (χ1v) is 7.75. The molecular weight excluding hydrogens is 319 g/mol. The van der Waals surface area contributed by atoms with Gasteiger partial charge in [0, 0.05) is 18.8 Å². The van der Waals surface area contributed by atoms with Crippen LogP contribution in [0.1, 0.15) is 24.8 Å². The lowest BCUT2D eigenvalue weighted by Gasteiger charge is -2.28. The normalized spacial score (nSPS) is 15.4. The summed E-state index contributed by atoms with van der Waals surface area (Å²) in [5.74, 6) is 0.934. The van der Waals surface area contributed by atoms with Crippen molar-refractivity contribution < 1.29 is 13.2 Å². The largest absolute Gasteiger partial charge is 0.416 e. The molecule has 0 atom stereocenters. The molecule has 0 amide bonds. The van der Waals surface area contributed by atoms with E-state index in [1.54, 1.807) is 0 Å². The van der Waals surface area contributed by atoms with Crippen molar-refractivity contribution in [2.75, 3.05) is 29.0 Å². The lowest BCUT2D eigenvalue weighted by molar-refractivity contribution is -0.137. The second-order valence-electron chi connectivity index (χ2n) is 5.71. The van der Waals surface area contributed by atoms with E-state index in [0.29, 0.717) is 17.3 Å². The Balaban J connectivity index is 1.85. The summed E-state index contributed by atoms with van der Waals surface area (Å²) >= 11 is 0. The molecule has 5 nitrogen and oxygen atoms in total. The van der Waals surface area contributed by atoms with Crippen LogP contribution in [0, 0.1) is 0 Å². The topological polar surface area (TPSA) is 67.1 Å². The average Bonchev–Trinajstić information content (AvgIpc) is 2.57. The van der Waals surface area contributed by atoms with E-state index < -0.39 is 11.7 Å². The second kappa shape index (κ2) is 6.54. The molecule has 0 aliphatic carbocycles. The molecule has 128 valence electrons. The second-order valence-corrected chi connectivity index (χ2v) is 5.71. The minimum absolute atomic E-state index is 0.278. The maximum Gasteiger partial charge on any atom is 0.416 e. The number of nitrogens with zero attached hydrogens (tertiary/aromatic N) is 3. The third-order valence-electron chi connectivity index (χ3n) is 3.97. The van der Waals surface area contributed by atoms with E-state index in [4.69, 9.17) is 5.73 Å². The van der Waals surface area contributed by atoms with Gasteiger partial charge in [0.2, 0.25) is 0 Å². The Morgan fingerprint density at radius 2 is 1.83 bits per heavy atom. The standard InChI is InChI=1S/C16H18F3N5/c17-16(18,19)11-5-4-6-12(9-11)23-14-13(20)15(22-10-21-14)24-7-2-1-3-8-24/h4-6,9-10H,1-3,7-8,20H2,(H,21,22,23). The number of nitrogen functional groups attached to an aromatic ring is 1. The van der Waals surface area contributed by atoms with Crippen LogP contribution >= 0.6 is 0 Å². The number of halogens is 3. The van der Waals surface area contributed by atoms with Gasteiger partial charge in [0.15, 0.2) is 11.6 Å². The minimum Gasteiger partial charge on any atom is -0.393 e. The zero-order chi connectivity index (χ0) is 17.2. The van der Waals surface area contributed by atoms with Gasteiger partial charge < -0.3 is 16.0 Å². The number of piperidine rings is 1. The number of hydrogen-bond donors (Lipinski definition) is 2. The fourth-order valence-corrected chi connectivity index (χ4v) is 2.75. The third-order valence-corrected chi connectivity index (χ3v) is 3.97. The van der Waals surface area contributed by atoms with E-state index in [1.165, 1.54) is 24.9 Å². The van der Waals surface area contributed by atoms with Crippen LogP contribution in [0.4, 0.5) is 36.2 Å². The summed E-state index contributed by atoms with van der Waals surface area (Å²) in [7, 11) is 0. The summed E-state index contributed by atoms with van der Waals surface area (Å²) in [5, 5.41) is 2.86. The van der Waals surface area contributed by atoms with Crippen LogP contribution in [-0.4, -0.2) is 23.1 Å². The molecule has 3 N–H and O–H groups in total. The summed E-state index contributed by atoms with van der Waals surface area (Å²) in [6, 6.07) is 4.93. The molecule has 24 heavy (non-hydrogen) atoms. The molecule has 3 rings (SSSR count). The predicted octanol–water partition coefficient (Wildman–Crippen LogP) is 3.81. The average molecular weight is 337 g/mol. The molecular formula is C16H18F3N5. The molecule has 1 aromatic heterocycles. The number of alkyl halides is 3. The first-order valence-electron chi connectivity index (χ1n) is 7.75. The number of benzene rings is 1. The highest BCUT2D eigenvalue weighted by molar-refractivity contribution is 5.78. The van der Waals surface area contributed by atoms with Crippen molar-refractivity contribution in [1.82, 2.24) is 9.97 Å². The van der Waals surface area contributed by atoms with Crippen LogP contribution < -0.4 is 16.0 Å². The highest BCUT2D eigenvalue weighted by atomic mass is 19.4. The van der Waals surface area contributed by atoms with Gasteiger partial charge in [-0.15, -0.1) is 0 Å². The maximum atomic E-state index is 12.8. The summed E-state index contributed by atoms with van der Waals surface area (Å²) in [5.41, 5.74) is 6.03. The van der Waals surface area contributed by atoms with Crippen LogP contribution in [0.3, 0.4) is 0 Å². The Labute approximate surface area is 137 Å². The SMILES string of the molecule is Nc1c(Nc2cccc(C(F)(F)F)c2)ncnc1N1CCCCC1. The molecule has 1 aliphatic heterocycles. The van der Waals surface area contributed by atoms with Crippen molar-refractivity contribution in [3.05, 3.63) is 36.2 Å². The molecule has 8 heteroatoms. The van der Waals surface area contributed by atoms with Crippen LogP contribution in [0.15, 0.2) is 30.6 Å². The molecule has 1 fully saturated rings. The van der Waals surface area contributed by atoms with Crippen molar-refractivity contribution in [1.29, 1.82) is 0 Å². The Kier molecular flexibility index (Phi) is 4.46. The zero-order valence-electron chi connectivity index (χ0n) is 13.0. The van der Waals surface area contributed by atoms with Crippen molar-refractivity contribution in [2.45, 2.75) is 25.4 Å². The van der Waals surface area contributed by atoms with Crippen molar-refractivity contribution in [3.63, 3.8) is 0 Å². The summed E-state index contributed by atoms with van der Waals surface area (Å²) in [6.07, 6.45) is 0.292. The molecule has 2 aromatic rings. The Bertz CT molecular complexity index is 711. The van der Waals surface area contributed by atoms with E-state index in [2.05, 4.69) is 20.2 Å². The van der Waals surface area contributed by atoms with Crippen LogP contribution in [0.5, 0.6) is 0 Å². The molecule has 2 heterocycles. The van der Waals surface area contributed by atoms with Crippen molar-refractivity contribution in [2.24, 2.45) is 0 Å². The van der Waals surface area contributed by atoms with Gasteiger partial charge in [0.25, 0.3) is 0 Å². The van der Waals surface area contributed by atoms with Gasteiger partial charge in [0.1, 0.15) is 12.0 Å². The minimum atomic E-state index is -4.39. The van der Waals surface area contributed by atoms with Gasteiger partial charge in [-0.1, -0.05) is 6.07 Å². The fourth-order valence-electron chi connectivity index (χ4n) is 2.75. The molecule has 0 spiro atoms. The first-order chi connectivity index (χ1) is 11.4. The zero-order valence-corrected chi connectivity index (χ0v) is 13.0. The predicted molar refractivity (Wildman–Crippen MR) is 87.2 cm³/mol.